The van der Waals surface area contributed by atoms with Crippen LogP contribution in [0.4, 0.5) is 0 Å². The third-order valence-electron chi connectivity index (χ3n) is 1.06. The van der Waals surface area contributed by atoms with Crippen LogP contribution < -0.4 is 0 Å². The average molecular weight is 343 g/mol. The number of hydrogen-bond acceptors (Lipinski definition) is 2. The van der Waals surface area contributed by atoms with Gasteiger partial charge in [-0.05, 0) is 28.2 Å². The predicted molar refractivity (Wildman–Crippen MR) is 74.0 cm³/mol. The van der Waals surface area contributed by atoms with E-state index in [9.17, 15) is 0 Å². The molecular formula is C8H21Cl2IN2. The van der Waals surface area contributed by atoms with Gasteiger partial charge in [0.05, 0.1) is 0 Å². The van der Waals surface area contributed by atoms with Gasteiger partial charge in [-0.15, -0.1) is 24.0 Å². The van der Waals surface area contributed by atoms with Gasteiger partial charge in [-0.3, -0.25) is 0 Å². The Morgan fingerprint density at radius 2 is 1.38 bits per heavy atom. The summed E-state index contributed by atoms with van der Waals surface area (Å²) in [5, 5.41) is 0. The van der Waals surface area contributed by atoms with E-state index in [1.165, 1.54) is 11.0 Å². The lowest BCUT2D eigenvalue weighted by Gasteiger charge is -2.03. The monoisotopic (exact) mass is 342 g/mol. The molecule has 0 heterocycles. The van der Waals surface area contributed by atoms with Crippen LogP contribution in [0, 0.1) is 0 Å². The number of nitrogens with zero attached hydrogens (tertiary/aromatic N) is 2. The topological polar surface area (TPSA) is 6.48 Å². The molecule has 0 aromatic heterocycles. The molecule has 13 heavy (non-hydrogen) atoms. The van der Waals surface area contributed by atoms with E-state index in [2.05, 4.69) is 41.6 Å². The number of halogens is 3. The smallest absolute Gasteiger partial charge is 0.0350 e. The molecule has 0 N–H and O–H groups in total. The van der Waals surface area contributed by atoms with E-state index in [-0.39, 0.29) is 12.4 Å². The van der Waals surface area contributed by atoms with E-state index in [4.69, 9.17) is 11.6 Å². The molecule has 0 aromatic carbocycles. The zero-order chi connectivity index (χ0) is 9.98. The molecule has 0 unspecified atom stereocenters. The van der Waals surface area contributed by atoms with Crippen LogP contribution in [-0.2, 0) is 0 Å². The number of rotatable bonds is 4. The van der Waals surface area contributed by atoms with Gasteiger partial charge in [-0.25, -0.2) is 0 Å². The first-order chi connectivity index (χ1) is 5.54. The van der Waals surface area contributed by atoms with Crippen LogP contribution >= 0.6 is 46.6 Å². The fourth-order valence-corrected chi connectivity index (χ4v) is 1.64. The fourth-order valence-electron chi connectivity index (χ4n) is 0.338. The Bertz CT molecular complexity index is 72.5. The lowest BCUT2D eigenvalue weighted by atomic mass is 10.7. The molecule has 0 fully saturated rings. The zero-order valence-corrected chi connectivity index (χ0v) is 12.6. The first-order valence-corrected chi connectivity index (χ1v) is 6.02. The second-order valence-corrected chi connectivity index (χ2v) is 4.44. The highest BCUT2D eigenvalue weighted by Crippen LogP contribution is 1.80. The van der Waals surface area contributed by atoms with E-state index in [1.54, 1.807) is 0 Å². The summed E-state index contributed by atoms with van der Waals surface area (Å²) in [6.07, 6.45) is 0. The lowest BCUT2D eigenvalue weighted by molar-refractivity contribution is 0.436. The molecule has 0 saturated carbocycles. The largest absolute Gasteiger partial charge is 0.309 e. The van der Waals surface area contributed by atoms with Gasteiger partial charge in [0.15, 0.2) is 0 Å². The van der Waals surface area contributed by atoms with Crippen molar-refractivity contribution in [1.29, 1.82) is 0 Å². The van der Waals surface area contributed by atoms with E-state index >= 15 is 0 Å². The van der Waals surface area contributed by atoms with Crippen LogP contribution in [0.2, 0.25) is 0 Å². The molecule has 0 bridgehead atoms. The van der Waals surface area contributed by atoms with Gasteiger partial charge in [0.25, 0.3) is 0 Å². The molecule has 0 radical (unpaired) electrons. The van der Waals surface area contributed by atoms with Crippen molar-refractivity contribution in [3.8, 4) is 0 Å². The SMILES string of the molecule is CN(C)CCCl.CN(C)CCI.Cl. The predicted octanol–water partition coefficient (Wildman–Crippen LogP) is 2.19. The number of hydrogen-bond donors (Lipinski definition) is 0. The highest BCUT2D eigenvalue weighted by atomic mass is 127. The molecule has 0 spiro atoms. The fraction of sp³-hybridized carbons (Fsp3) is 1.00. The van der Waals surface area contributed by atoms with Crippen molar-refractivity contribution in [3.05, 3.63) is 0 Å². The molecule has 0 aliphatic carbocycles. The van der Waals surface area contributed by atoms with Crippen molar-refractivity contribution in [1.82, 2.24) is 9.80 Å². The molecule has 0 rings (SSSR count). The molecule has 5 heteroatoms. The van der Waals surface area contributed by atoms with Crippen molar-refractivity contribution >= 4 is 46.6 Å². The standard InChI is InChI=1S/C4H10ClN.C4H10IN.ClH/c2*1-6(2)4-3-5;/h2*3-4H2,1-2H3;1H. The van der Waals surface area contributed by atoms with Crippen molar-refractivity contribution in [2.45, 2.75) is 0 Å². The Labute approximate surface area is 108 Å². The van der Waals surface area contributed by atoms with Crippen LogP contribution in [0.1, 0.15) is 0 Å². The molecular weight excluding hydrogens is 322 g/mol. The van der Waals surface area contributed by atoms with Crippen molar-refractivity contribution in [2.24, 2.45) is 0 Å². The Hall–Kier alpha value is 1.23. The quantitative estimate of drug-likeness (QED) is 0.571. The normalized spacial score (nSPS) is 9.23. The molecule has 0 amide bonds. The first kappa shape index (κ1) is 19.7. The average Bonchev–Trinajstić information content (AvgIpc) is 1.87. The summed E-state index contributed by atoms with van der Waals surface area (Å²) in [6, 6.07) is 0. The molecule has 0 aliphatic heterocycles. The van der Waals surface area contributed by atoms with Crippen molar-refractivity contribution in [3.63, 3.8) is 0 Å². The van der Waals surface area contributed by atoms with Gasteiger partial charge in [0.2, 0.25) is 0 Å². The summed E-state index contributed by atoms with van der Waals surface area (Å²) in [5.74, 6) is 0.729. The molecule has 0 aliphatic rings. The highest BCUT2D eigenvalue weighted by molar-refractivity contribution is 14.1. The molecule has 2 nitrogen and oxygen atoms in total. The van der Waals surface area contributed by atoms with E-state index in [0.717, 1.165) is 12.4 Å². The Morgan fingerprint density at radius 1 is 1.00 bits per heavy atom. The zero-order valence-electron chi connectivity index (χ0n) is 8.89. The minimum absolute atomic E-state index is 0. The van der Waals surface area contributed by atoms with E-state index in [1.807, 2.05) is 19.0 Å². The number of alkyl halides is 2. The van der Waals surface area contributed by atoms with E-state index < -0.39 is 0 Å². The van der Waals surface area contributed by atoms with Gasteiger partial charge in [0.1, 0.15) is 0 Å². The van der Waals surface area contributed by atoms with Crippen LogP contribution in [0.3, 0.4) is 0 Å². The van der Waals surface area contributed by atoms with Crippen LogP contribution in [0.25, 0.3) is 0 Å². The third-order valence-corrected chi connectivity index (χ3v) is 1.71. The summed E-state index contributed by atoms with van der Waals surface area (Å²) in [4.78, 5) is 4.22. The summed E-state index contributed by atoms with van der Waals surface area (Å²) >= 11 is 7.72. The molecule has 0 saturated heterocycles. The lowest BCUT2D eigenvalue weighted by Crippen LogP contribution is -2.13. The second-order valence-electron chi connectivity index (χ2n) is 2.98. The van der Waals surface area contributed by atoms with Gasteiger partial charge in [0, 0.05) is 23.4 Å². The minimum atomic E-state index is 0. The highest BCUT2D eigenvalue weighted by Gasteiger charge is 1.81. The molecule has 0 atom stereocenters. The first-order valence-electron chi connectivity index (χ1n) is 3.96. The summed E-state index contributed by atoms with van der Waals surface area (Å²) in [7, 11) is 8.17. The molecule has 84 valence electrons. The second kappa shape index (κ2) is 15.7. The van der Waals surface area contributed by atoms with Crippen LogP contribution in [-0.4, -0.2) is 61.4 Å². The van der Waals surface area contributed by atoms with Gasteiger partial charge >= 0.3 is 0 Å². The minimum Gasteiger partial charge on any atom is -0.309 e. The maximum absolute atomic E-state index is 5.35. The maximum atomic E-state index is 5.35. The Balaban J connectivity index is -0.000000143. The summed E-state index contributed by atoms with van der Waals surface area (Å²) in [6.45, 7) is 2.17. The van der Waals surface area contributed by atoms with Crippen molar-refractivity contribution in [2.75, 3.05) is 51.6 Å². The summed E-state index contributed by atoms with van der Waals surface area (Å²) < 4.78 is 1.23. The van der Waals surface area contributed by atoms with Crippen LogP contribution in [0.5, 0.6) is 0 Å². The van der Waals surface area contributed by atoms with Gasteiger partial charge in [-0.1, -0.05) is 22.6 Å². The summed E-state index contributed by atoms with van der Waals surface area (Å²) in [5.41, 5.74) is 0. The maximum Gasteiger partial charge on any atom is 0.0350 e. The van der Waals surface area contributed by atoms with Gasteiger partial charge in [-0.2, -0.15) is 0 Å². The Morgan fingerprint density at radius 3 is 1.38 bits per heavy atom. The van der Waals surface area contributed by atoms with Gasteiger partial charge < -0.3 is 9.80 Å². The van der Waals surface area contributed by atoms with E-state index in [0.29, 0.717) is 0 Å². The Kier molecular flexibility index (Phi) is 23.8. The van der Waals surface area contributed by atoms with Crippen LogP contribution in [0.15, 0.2) is 0 Å². The van der Waals surface area contributed by atoms with Crippen molar-refractivity contribution < 1.29 is 0 Å². The molecule has 0 aromatic rings. The third kappa shape index (κ3) is 31.9.